The highest BCUT2D eigenvalue weighted by Crippen LogP contribution is 2.49. The maximum atomic E-state index is 13.1. The van der Waals surface area contributed by atoms with Gasteiger partial charge >= 0.3 is 6.03 Å². The molecule has 2 aromatic rings. The highest BCUT2D eigenvalue weighted by atomic mass is 16.5. The van der Waals surface area contributed by atoms with Gasteiger partial charge in [0.25, 0.3) is 0 Å². The Hall–Kier alpha value is -2.74. The fourth-order valence-corrected chi connectivity index (χ4v) is 5.40. The van der Waals surface area contributed by atoms with Crippen molar-refractivity contribution >= 4 is 22.8 Å². The molecular formula is C24H34N4O4. The number of ether oxygens (including phenoxy) is 1. The van der Waals surface area contributed by atoms with Crippen LogP contribution in [0, 0.1) is 0 Å². The van der Waals surface area contributed by atoms with Gasteiger partial charge in [-0.2, -0.15) is 0 Å². The minimum Gasteiger partial charge on any atom is -0.497 e. The second-order valence-corrected chi connectivity index (χ2v) is 9.04. The van der Waals surface area contributed by atoms with Crippen LogP contribution in [0.2, 0.25) is 0 Å². The third-order valence-electron chi connectivity index (χ3n) is 6.91. The molecule has 0 unspecified atom stereocenters. The number of benzene rings is 1. The van der Waals surface area contributed by atoms with Gasteiger partial charge in [-0.1, -0.05) is 13.8 Å². The molecule has 1 fully saturated rings. The first-order chi connectivity index (χ1) is 15.4. The zero-order chi connectivity index (χ0) is 23.0. The van der Waals surface area contributed by atoms with Crippen LogP contribution < -0.4 is 10.1 Å². The molecule has 3 amide bonds. The minimum absolute atomic E-state index is 0.160. The fraction of sp³-hybridized carbons (Fsp3) is 0.583. The lowest BCUT2D eigenvalue weighted by molar-refractivity contribution is -0.140. The molecule has 3 heterocycles. The summed E-state index contributed by atoms with van der Waals surface area (Å²) in [6.07, 6.45) is 2.20. The number of aromatic nitrogens is 1. The van der Waals surface area contributed by atoms with E-state index in [1.165, 1.54) is 0 Å². The number of hydrogen-bond donors (Lipinski definition) is 2. The summed E-state index contributed by atoms with van der Waals surface area (Å²) in [6, 6.07) is 5.39. The number of amides is 3. The fourth-order valence-electron chi connectivity index (χ4n) is 5.40. The van der Waals surface area contributed by atoms with E-state index in [0.717, 1.165) is 40.8 Å². The van der Waals surface area contributed by atoms with E-state index in [0.29, 0.717) is 32.6 Å². The van der Waals surface area contributed by atoms with Gasteiger partial charge < -0.3 is 29.5 Å². The first-order valence-electron chi connectivity index (χ1n) is 11.5. The molecule has 32 heavy (non-hydrogen) atoms. The van der Waals surface area contributed by atoms with E-state index in [-0.39, 0.29) is 24.0 Å². The van der Waals surface area contributed by atoms with E-state index < -0.39 is 6.04 Å². The third-order valence-corrected chi connectivity index (χ3v) is 6.91. The first-order valence-corrected chi connectivity index (χ1v) is 11.5. The number of aryl methyl sites for hydroxylation is 1. The van der Waals surface area contributed by atoms with Crippen LogP contribution in [-0.4, -0.2) is 71.3 Å². The number of rotatable bonds is 6. The number of urea groups is 1. The van der Waals surface area contributed by atoms with Crippen LogP contribution >= 0.6 is 0 Å². The van der Waals surface area contributed by atoms with Gasteiger partial charge in [-0.25, -0.2) is 4.79 Å². The van der Waals surface area contributed by atoms with Crippen molar-refractivity contribution in [1.29, 1.82) is 0 Å². The normalized spacial score (nSPS) is 19.1. The quantitative estimate of drug-likeness (QED) is 0.720. The van der Waals surface area contributed by atoms with E-state index in [1.807, 2.05) is 37.9 Å². The van der Waals surface area contributed by atoms with Crippen molar-refractivity contribution in [1.82, 2.24) is 19.7 Å². The second kappa shape index (κ2) is 8.65. The number of hydrogen-bond acceptors (Lipinski definition) is 4. The second-order valence-electron chi connectivity index (χ2n) is 9.04. The smallest absolute Gasteiger partial charge is 0.318 e. The van der Waals surface area contributed by atoms with Gasteiger partial charge in [-0.05, 0) is 30.5 Å². The van der Waals surface area contributed by atoms with Crippen molar-refractivity contribution in [3.8, 4) is 5.75 Å². The maximum Gasteiger partial charge on any atom is 0.318 e. The van der Waals surface area contributed by atoms with Crippen molar-refractivity contribution in [3.63, 3.8) is 0 Å². The lowest BCUT2D eigenvalue weighted by Gasteiger charge is -2.56. The minimum atomic E-state index is -0.448. The first kappa shape index (κ1) is 22.5. The van der Waals surface area contributed by atoms with Crippen LogP contribution in [0.5, 0.6) is 5.75 Å². The van der Waals surface area contributed by atoms with Gasteiger partial charge in [0.1, 0.15) is 5.75 Å². The Balaban J connectivity index is 1.84. The SMILES string of the molecule is CCCNC(=O)N1CC2(CN(C(=O)CCC)C2)c2c(n(C)c3cc(OC)ccc23)[C@@H]1CO. The van der Waals surface area contributed by atoms with Crippen molar-refractivity contribution in [2.45, 2.75) is 44.6 Å². The molecule has 1 aromatic heterocycles. The van der Waals surface area contributed by atoms with Crippen LogP contribution in [0.3, 0.4) is 0 Å². The third kappa shape index (κ3) is 3.41. The van der Waals surface area contributed by atoms with Gasteiger partial charge in [0.2, 0.25) is 5.91 Å². The highest BCUT2D eigenvalue weighted by molar-refractivity contribution is 5.90. The standard InChI is InChI=1S/C24H34N4O4/c1-5-7-20(30)27-13-24(14-27)15-28(23(31)25-10-6-2)19(12-29)22-21(24)17-9-8-16(32-4)11-18(17)26(22)3/h8-9,11,19,29H,5-7,10,12-15H2,1-4H3,(H,25,31)/t19-/m0/s1. The van der Waals surface area contributed by atoms with Crippen molar-refractivity contribution in [2.24, 2.45) is 7.05 Å². The number of nitrogens with one attached hydrogen (secondary N) is 1. The molecule has 1 aromatic carbocycles. The lowest BCUT2D eigenvalue weighted by Crippen LogP contribution is -2.68. The van der Waals surface area contributed by atoms with Crippen LogP contribution in [0.4, 0.5) is 4.79 Å². The Morgan fingerprint density at radius 2 is 1.97 bits per heavy atom. The maximum absolute atomic E-state index is 13.1. The number of fused-ring (bicyclic) bond motifs is 4. The molecule has 8 nitrogen and oxygen atoms in total. The predicted octanol–water partition coefficient (Wildman–Crippen LogP) is 2.54. The average Bonchev–Trinajstić information content (AvgIpc) is 3.07. The van der Waals surface area contributed by atoms with Crippen molar-refractivity contribution < 1.29 is 19.4 Å². The van der Waals surface area contributed by atoms with Crippen LogP contribution in [0.25, 0.3) is 10.9 Å². The summed E-state index contributed by atoms with van der Waals surface area (Å²) in [5.74, 6) is 0.920. The summed E-state index contributed by atoms with van der Waals surface area (Å²) >= 11 is 0. The molecule has 0 radical (unpaired) electrons. The van der Waals surface area contributed by atoms with Crippen molar-refractivity contribution in [2.75, 3.05) is 39.9 Å². The zero-order valence-electron chi connectivity index (χ0n) is 19.5. The summed E-state index contributed by atoms with van der Waals surface area (Å²) < 4.78 is 7.52. The number of aliphatic hydroxyl groups excluding tert-OH is 1. The van der Waals surface area contributed by atoms with Gasteiger partial charge in [-0.3, -0.25) is 4.79 Å². The van der Waals surface area contributed by atoms with E-state index in [2.05, 4.69) is 16.0 Å². The van der Waals surface area contributed by atoms with E-state index in [1.54, 1.807) is 12.0 Å². The van der Waals surface area contributed by atoms with Gasteiger partial charge in [0.05, 0.1) is 30.7 Å². The van der Waals surface area contributed by atoms with E-state index in [4.69, 9.17) is 4.74 Å². The van der Waals surface area contributed by atoms with Crippen LogP contribution in [-0.2, 0) is 17.3 Å². The summed E-state index contributed by atoms with van der Waals surface area (Å²) in [5, 5.41) is 14.5. The zero-order valence-corrected chi connectivity index (χ0v) is 19.5. The van der Waals surface area contributed by atoms with Gasteiger partial charge in [0.15, 0.2) is 0 Å². The molecule has 1 spiro atoms. The number of carbonyl (C=O) groups excluding carboxylic acids is 2. The van der Waals surface area contributed by atoms with Crippen LogP contribution in [0.1, 0.15) is 50.4 Å². The summed E-state index contributed by atoms with van der Waals surface area (Å²) in [6.45, 7) is 6.08. The largest absolute Gasteiger partial charge is 0.497 e. The molecule has 1 atom stereocenters. The number of likely N-dealkylation sites (tertiary alicyclic amines) is 1. The molecule has 2 N–H and O–H groups in total. The number of methoxy groups -OCH3 is 1. The molecule has 4 rings (SSSR count). The number of nitrogens with zero attached hydrogens (tertiary/aromatic N) is 3. The number of aliphatic hydroxyl groups is 1. The Bertz CT molecular complexity index is 1020. The molecule has 0 saturated carbocycles. The monoisotopic (exact) mass is 442 g/mol. The molecule has 0 aliphatic carbocycles. The van der Waals surface area contributed by atoms with Gasteiger partial charge in [0, 0.05) is 56.8 Å². The van der Waals surface area contributed by atoms with Gasteiger partial charge in [-0.15, -0.1) is 0 Å². The molecule has 1 saturated heterocycles. The van der Waals surface area contributed by atoms with E-state index in [9.17, 15) is 14.7 Å². The van der Waals surface area contributed by atoms with E-state index >= 15 is 0 Å². The van der Waals surface area contributed by atoms with Crippen molar-refractivity contribution in [3.05, 3.63) is 29.5 Å². The topological polar surface area (TPSA) is 87.0 Å². The summed E-state index contributed by atoms with van der Waals surface area (Å²) in [5.41, 5.74) is 2.75. The Kier molecular flexibility index (Phi) is 6.07. The lowest BCUT2D eigenvalue weighted by atomic mass is 9.68. The Labute approximate surface area is 189 Å². The molecule has 0 bridgehead atoms. The Morgan fingerprint density at radius 3 is 2.59 bits per heavy atom. The summed E-state index contributed by atoms with van der Waals surface area (Å²) in [4.78, 5) is 29.3. The predicted molar refractivity (Wildman–Crippen MR) is 123 cm³/mol. The average molecular weight is 443 g/mol. The molecule has 8 heteroatoms. The molecule has 2 aliphatic heterocycles. The van der Waals surface area contributed by atoms with Crippen LogP contribution in [0.15, 0.2) is 18.2 Å². The molecule has 2 aliphatic rings. The number of carbonyl (C=O) groups is 2. The summed E-state index contributed by atoms with van der Waals surface area (Å²) in [7, 11) is 3.62. The molecule has 174 valence electrons. The Morgan fingerprint density at radius 1 is 1.22 bits per heavy atom. The molecular weight excluding hydrogens is 408 g/mol. The highest BCUT2D eigenvalue weighted by Gasteiger charge is 2.55.